The van der Waals surface area contributed by atoms with E-state index in [0.717, 1.165) is 22.8 Å². The maximum Gasteiger partial charge on any atom is 0.0771 e. The van der Waals surface area contributed by atoms with E-state index in [1.807, 2.05) is 24.3 Å². The Kier molecular flexibility index (Phi) is 4.15. The normalized spacial score (nSPS) is 10.9. The summed E-state index contributed by atoms with van der Waals surface area (Å²) in [6.07, 6.45) is 2.14. The second kappa shape index (κ2) is 7.09. The molecule has 0 aliphatic rings. The third-order valence-electron chi connectivity index (χ3n) is 5.02. The van der Waals surface area contributed by atoms with Gasteiger partial charge in [-0.3, -0.25) is 0 Å². The molecule has 4 aromatic carbocycles. The zero-order valence-electron chi connectivity index (χ0n) is 15.4. The van der Waals surface area contributed by atoms with Gasteiger partial charge in [0.15, 0.2) is 0 Å². The molecule has 2 heteroatoms. The molecule has 0 aliphatic carbocycles. The van der Waals surface area contributed by atoms with Crippen molar-refractivity contribution in [3.8, 4) is 16.9 Å². The van der Waals surface area contributed by atoms with Gasteiger partial charge in [0.05, 0.1) is 11.4 Å². The fourth-order valence-electron chi connectivity index (χ4n) is 3.72. The number of fused-ring (bicyclic) bond motifs is 1. The van der Waals surface area contributed by atoms with Gasteiger partial charge in [0, 0.05) is 23.1 Å². The first-order valence-electron chi connectivity index (χ1n) is 9.47. The fraction of sp³-hybridized carbons (Fsp3) is 0. The van der Waals surface area contributed by atoms with Gasteiger partial charge in [-0.25, -0.2) is 0 Å². The van der Waals surface area contributed by atoms with Gasteiger partial charge in [0.1, 0.15) is 0 Å². The first-order valence-corrected chi connectivity index (χ1v) is 9.47. The van der Waals surface area contributed by atoms with Crippen molar-refractivity contribution in [1.29, 1.82) is 0 Å². The van der Waals surface area contributed by atoms with Crippen molar-refractivity contribution in [2.75, 3.05) is 5.32 Å². The Morgan fingerprint density at radius 2 is 1.25 bits per heavy atom. The SMILES string of the molecule is c1ccc(Nc2ccn(-c3ccccc3)c2-c2cccc3ccccc23)cc1. The Bertz CT molecular complexity index is 1220. The molecular formula is C26H20N2. The molecule has 28 heavy (non-hydrogen) atoms. The maximum atomic E-state index is 3.61. The summed E-state index contributed by atoms with van der Waals surface area (Å²) in [7, 11) is 0. The lowest BCUT2D eigenvalue weighted by molar-refractivity contribution is 1.09. The Morgan fingerprint density at radius 3 is 2.07 bits per heavy atom. The lowest BCUT2D eigenvalue weighted by Crippen LogP contribution is -1.98. The molecule has 0 bridgehead atoms. The predicted octanol–water partition coefficient (Wildman–Crippen LogP) is 7.04. The van der Waals surface area contributed by atoms with Crippen LogP contribution in [0.25, 0.3) is 27.7 Å². The van der Waals surface area contributed by atoms with Crippen LogP contribution in [0.5, 0.6) is 0 Å². The van der Waals surface area contributed by atoms with Crippen LogP contribution in [0.4, 0.5) is 11.4 Å². The summed E-state index contributed by atoms with van der Waals surface area (Å²) < 4.78 is 2.26. The molecule has 5 aromatic rings. The van der Waals surface area contributed by atoms with E-state index < -0.39 is 0 Å². The number of aromatic nitrogens is 1. The first-order chi connectivity index (χ1) is 13.9. The third kappa shape index (κ3) is 2.95. The molecule has 0 saturated carbocycles. The molecule has 1 heterocycles. The molecule has 5 rings (SSSR count). The van der Waals surface area contributed by atoms with E-state index in [-0.39, 0.29) is 0 Å². The third-order valence-corrected chi connectivity index (χ3v) is 5.02. The zero-order chi connectivity index (χ0) is 18.8. The van der Waals surface area contributed by atoms with Crippen LogP contribution >= 0.6 is 0 Å². The summed E-state index contributed by atoms with van der Waals surface area (Å²) in [4.78, 5) is 0. The molecule has 134 valence electrons. The highest BCUT2D eigenvalue weighted by atomic mass is 15.0. The molecule has 0 spiro atoms. The van der Waals surface area contributed by atoms with Crippen LogP contribution in [-0.4, -0.2) is 4.57 Å². The number of rotatable bonds is 4. The van der Waals surface area contributed by atoms with Gasteiger partial charge in [-0.1, -0.05) is 78.9 Å². The average molecular weight is 360 g/mol. The van der Waals surface area contributed by atoms with E-state index in [9.17, 15) is 0 Å². The molecule has 0 amide bonds. The number of nitrogens with one attached hydrogen (secondary N) is 1. The number of anilines is 2. The summed E-state index contributed by atoms with van der Waals surface area (Å²) in [6, 6.07) is 38.0. The Morgan fingerprint density at radius 1 is 0.571 bits per heavy atom. The minimum absolute atomic E-state index is 1.08. The number of benzene rings is 4. The smallest absolute Gasteiger partial charge is 0.0771 e. The summed E-state index contributed by atoms with van der Waals surface area (Å²) in [6.45, 7) is 0. The average Bonchev–Trinajstić information content (AvgIpc) is 3.18. The van der Waals surface area contributed by atoms with Gasteiger partial charge in [-0.15, -0.1) is 0 Å². The Balaban J connectivity index is 1.75. The van der Waals surface area contributed by atoms with Crippen molar-refractivity contribution in [2.45, 2.75) is 0 Å². The van der Waals surface area contributed by atoms with Crippen molar-refractivity contribution in [3.05, 3.63) is 115 Å². The fourth-order valence-corrected chi connectivity index (χ4v) is 3.72. The summed E-state index contributed by atoms with van der Waals surface area (Å²) in [5.41, 5.74) is 5.69. The molecule has 0 aliphatic heterocycles. The van der Waals surface area contributed by atoms with Gasteiger partial charge in [-0.05, 0) is 41.1 Å². The highest BCUT2D eigenvalue weighted by Gasteiger charge is 2.15. The first kappa shape index (κ1) is 16.4. The standard InChI is InChI=1S/C26H20N2/c1-3-12-21(13-4-1)27-25-18-19-28(22-14-5-2-6-15-22)26(25)24-17-9-11-20-10-7-8-16-23(20)24/h1-19,27H. The van der Waals surface area contributed by atoms with Crippen molar-refractivity contribution in [2.24, 2.45) is 0 Å². The van der Waals surface area contributed by atoms with Gasteiger partial charge in [-0.2, -0.15) is 0 Å². The van der Waals surface area contributed by atoms with E-state index in [1.165, 1.54) is 16.3 Å². The van der Waals surface area contributed by atoms with E-state index in [2.05, 4.69) is 101 Å². The highest BCUT2D eigenvalue weighted by molar-refractivity contribution is 5.99. The Labute approximate surface area is 164 Å². The monoisotopic (exact) mass is 360 g/mol. The lowest BCUT2D eigenvalue weighted by Gasteiger charge is -2.15. The van der Waals surface area contributed by atoms with Crippen LogP contribution in [0.1, 0.15) is 0 Å². The number of para-hydroxylation sites is 2. The van der Waals surface area contributed by atoms with Crippen molar-refractivity contribution in [3.63, 3.8) is 0 Å². The van der Waals surface area contributed by atoms with Crippen molar-refractivity contribution >= 4 is 22.1 Å². The molecule has 0 radical (unpaired) electrons. The number of nitrogens with zero attached hydrogens (tertiary/aromatic N) is 1. The van der Waals surface area contributed by atoms with Crippen LogP contribution < -0.4 is 5.32 Å². The minimum Gasteiger partial charge on any atom is -0.354 e. The molecular weight excluding hydrogens is 340 g/mol. The Hall–Kier alpha value is -3.78. The summed E-state index contributed by atoms with van der Waals surface area (Å²) in [5, 5.41) is 6.09. The van der Waals surface area contributed by atoms with Gasteiger partial charge >= 0.3 is 0 Å². The largest absolute Gasteiger partial charge is 0.354 e. The molecule has 2 nitrogen and oxygen atoms in total. The van der Waals surface area contributed by atoms with Gasteiger partial charge < -0.3 is 9.88 Å². The second-order valence-electron chi connectivity index (χ2n) is 6.80. The molecule has 1 N–H and O–H groups in total. The van der Waals surface area contributed by atoms with Gasteiger partial charge in [0.25, 0.3) is 0 Å². The van der Waals surface area contributed by atoms with Crippen LogP contribution in [0.3, 0.4) is 0 Å². The number of hydrogen-bond donors (Lipinski definition) is 1. The van der Waals surface area contributed by atoms with E-state index >= 15 is 0 Å². The van der Waals surface area contributed by atoms with Crippen LogP contribution in [0, 0.1) is 0 Å². The number of hydrogen-bond acceptors (Lipinski definition) is 1. The van der Waals surface area contributed by atoms with Crippen molar-refractivity contribution < 1.29 is 0 Å². The van der Waals surface area contributed by atoms with E-state index in [1.54, 1.807) is 0 Å². The summed E-state index contributed by atoms with van der Waals surface area (Å²) in [5.74, 6) is 0. The lowest BCUT2D eigenvalue weighted by atomic mass is 10.0. The van der Waals surface area contributed by atoms with Crippen LogP contribution in [0.15, 0.2) is 115 Å². The quantitative estimate of drug-likeness (QED) is 0.364. The topological polar surface area (TPSA) is 17.0 Å². The molecule has 1 aromatic heterocycles. The predicted molar refractivity (Wildman–Crippen MR) is 118 cm³/mol. The second-order valence-corrected chi connectivity index (χ2v) is 6.80. The van der Waals surface area contributed by atoms with E-state index in [4.69, 9.17) is 0 Å². The van der Waals surface area contributed by atoms with Crippen LogP contribution in [-0.2, 0) is 0 Å². The van der Waals surface area contributed by atoms with Crippen molar-refractivity contribution in [1.82, 2.24) is 4.57 Å². The zero-order valence-corrected chi connectivity index (χ0v) is 15.4. The van der Waals surface area contributed by atoms with Gasteiger partial charge in [0.2, 0.25) is 0 Å². The molecule has 0 fully saturated rings. The molecule has 0 atom stereocenters. The maximum absolute atomic E-state index is 3.61. The minimum atomic E-state index is 1.08. The molecule has 0 saturated heterocycles. The highest BCUT2D eigenvalue weighted by Crippen LogP contribution is 2.37. The van der Waals surface area contributed by atoms with E-state index in [0.29, 0.717) is 0 Å². The summed E-state index contributed by atoms with van der Waals surface area (Å²) >= 11 is 0. The molecule has 0 unspecified atom stereocenters. The van der Waals surface area contributed by atoms with Crippen LogP contribution in [0.2, 0.25) is 0 Å².